The first kappa shape index (κ1) is 18.7. The Labute approximate surface area is 175 Å². The standard InChI is InChI=1S/C23H24ClN3O2/c1-14-22-18(25-27(14)19-8-4-3-7-17(19)24)10-11-20(23(22)28)26-12-15-6-5-9-21(29-2)16(15)13-26/h3-9,20,23,28H,10-13H2,1-2H3/t20-,23-/m1/s1. The summed E-state index contributed by atoms with van der Waals surface area (Å²) in [6.07, 6.45) is 1.15. The van der Waals surface area contributed by atoms with Crippen LogP contribution in [0.5, 0.6) is 5.75 Å². The minimum atomic E-state index is -0.574. The summed E-state index contributed by atoms with van der Waals surface area (Å²) in [6, 6.07) is 13.9. The zero-order chi connectivity index (χ0) is 20.1. The van der Waals surface area contributed by atoms with E-state index in [0.717, 1.165) is 54.3 Å². The van der Waals surface area contributed by atoms with Gasteiger partial charge in [-0.3, -0.25) is 4.90 Å². The van der Waals surface area contributed by atoms with E-state index in [1.807, 2.05) is 48.0 Å². The van der Waals surface area contributed by atoms with Crippen molar-refractivity contribution in [1.82, 2.24) is 14.7 Å². The maximum Gasteiger partial charge on any atom is 0.123 e. The molecule has 1 aliphatic heterocycles. The Hall–Kier alpha value is -2.34. The number of methoxy groups -OCH3 is 1. The molecule has 0 unspecified atom stereocenters. The summed E-state index contributed by atoms with van der Waals surface area (Å²) < 4.78 is 7.42. The van der Waals surface area contributed by atoms with Crippen LogP contribution in [0.1, 0.15) is 40.6 Å². The summed E-state index contributed by atoms with van der Waals surface area (Å²) in [5.74, 6) is 0.929. The number of benzene rings is 2. The van der Waals surface area contributed by atoms with Gasteiger partial charge in [-0.05, 0) is 43.5 Å². The van der Waals surface area contributed by atoms with Crippen LogP contribution >= 0.6 is 11.6 Å². The minimum Gasteiger partial charge on any atom is -0.496 e. The Morgan fingerprint density at radius 2 is 1.97 bits per heavy atom. The van der Waals surface area contributed by atoms with E-state index >= 15 is 0 Å². The Kier molecular flexibility index (Phi) is 4.62. The number of halogens is 1. The first-order chi connectivity index (χ1) is 14.1. The van der Waals surface area contributed by atoms with Crippen molar-refractivity contribution in [2.45, 2.75) is 45.0 Å². The maximum atomic E-state index is 11.3. The predicted molar refractivity (Wildman–Crippen MR) is 113 cm³/mol. The molecule has 1 N–H and O–H groups in total. The molecule has 0 saturated heterocycles. The van der Waals surface area contributed by atoms with E-state index in [2.05, 4.69) is 11.0 Å². The first-order valence-corrected chi connectivity index (χ1v) is 10.4. The van der Waals surface area contributed by atoms with Crippen molar-refractivity contribution < 1.29 is 9.84 Å². The molecule has 2 heterocycles. The van der Waals surface area contributed by atoms with Crippen molar-refractivity contribution in [3.8, 4) is 11.4 Å². The number of aromatic nitrogens is 2. The lowest BCUT2D eigenvalue weighted by Gasteiger charge is -2.35. The first-order valence-electron chi connectivity index (χ1n) is 9.98. The number of fused-ring (bicyclic) bond motifs is 2. The van der Waals surface area contributed by atoms with E-state index in [9.17, 15) is 5.11 Å². The van der Waals surface area contributed by atoms with Crippen molar-refractivity contribution in [3.05, 3.63) is 75.6 Å². The van der Waals surface area contributed by atoms with Gasteiger partial charge in [0.15, 0.2) is 0 Å². The van der Waals surface area contributed by atoms with Crippen LogP contribution in [0.4, 0.5) is 0 Å². The molecule has 6 heteroatoms. The molecule has 0 saturated carbocycles. The summed E-state index contributed by atoms with van der Waals surface area (Å²) in [5.41, 5.74) is 6.24. The highest BCUT2D eigenvalue weighted by atomic mass is 35.5. The number of para-hydroxylation sites is 1. The Morgan fingerprint density at radius 3 is 2.76 bits per heavy atom. The molecule has 150 valence electrons. The number of ether oxygens (including phenoxy) is 1. The van der Waals surface area contributed by atoms with E-state index in [4.69, 9.17) is 21.4 Å². The molecule has 5 rings (SSSR count). The van der Waals surface area contributed by atoms with Crippen molar-refractivity contribution in [2.75, 3.05) is 7.11 Å². The third kappa shape index (κ3) is 2.96. The summed E-state index contributed by atoms with van der Waals surface area (Å²) in [5, 5.41) is 16.8. The van der Waals surface area contributed by atoms with Crippen LogP contribution in [0.2, 0.25) is 5.02 Å². The van der Waals surface area contributed by atoms with Crippen molar-refractivity contribution >= 4 is 11.6 Å². The fourth-order valence-electron chi connectivity index (χ4n) is 4.86. The van der Waals surface area contributed by atoms with Crippen LogP contribution in [0.25, 0.3) is 5.69 Å². The molecular weight excluding hydrogens is 386 g/mol. The molecule has 0 bridgehead atoms. The van der Waals surface area contributed by atoms with Crippen LogP contribution in [0, 0.1) is 6.92 Å². The lowest BCUT2D eigenvalue weighted by Crippen LogP contribution is -2.39. The van der Waals surface area contributed by atoms with Crippen molar-refractivity contribution in [3.63, 3.8) is 0 Å². The van der Waals surface area contributed by atoms with Gasteiger partial charge in [-0.1, -0.05) is 35.9 Å². The molecular formula is C23H24ClN3O2. The van der Waals surface area contributed by atoms with E-state index in [1.165, 1.54) is 11.1 Å². The lowest BCUT2D eigenvalue weighted by atomic mass is 9.88. The fourth-order valence-corrected chi connectivity index (χ4v) is 5.08. The molecule has 29 heavy (non-hydrogen) atoms. The number of aliphatic hydroxyl groups excluding tert-OH is 1. The van der Waals surface area contributed by atoms with Gasteiger partial charge in [-0.15, -0.1) is 0 Å². The smallest absolute Gasteiger partial charge is 0.123 e. The maximum absolute atomic E-state index is 11.3. The van der Waals surface area contributed by atoms with E-state index in [-0.39, 0.29) is 6.04 Å². The van der Waals surface area contributed by atoms with Gasteiger partial charge in [0.05, 0.1) is 29.6 Å². The molecule has 3 aromatic rings. The molecule has 1 aliphatic carbocycles. The van der Waals surface area contributed by atoms with Crippen molar-refractivity contribution in [1.29, 1.82) is 0 Å². The van der Waals surface area contributed by atoms with Gasteiger partial charge in [0.25, 0.3) is 0 Å². The summed E-state index contributed by atoms with van der Waals surface area (Å²) in [6.45, 7) is 3.65. The zero-order valence-electron chi connectivity index (χ0n) is 16.6. The largest absolute Gasteiger partial charge is 0.496 e. The number of hydrogen-bond acceptors (Lipinski definition) is 4. The second-order valence-electron chi connectivity index (χ2n) is 7.86. The van der Waals surface area contributed by atoms with Crippen LogP contribution in [0.3, 0.4) is 0 Å². The third-order valence-corrected chi connectivity index (χ3v) is 6.63. The lowest BCUT2D eigenvalue weighted by molar-refractivity contribution is 0.0330. The third-order valence-electron chi connectivity index (χ3n) is 6.31. The topological polar surface area (TPSA) is 50.5 Å². The second-order valence-corrected chi connectivity index (χ2v) is 8.27. The molecule has 2 aromatic carbocycles. The normalized spacial score (nSPS) is 21.1. The average molecular weight is 410 g/mol. The highest BCUT2D eigenvalue weighted by Crippen LogP contribution is 2.40. The minimum absolute atomic E-state index is 0.0576. The SMILES string of the molecule is COc1cccc2c1CN([C@@H]1CCc3nn(-c4ccccc4Cl)c(C)c3[C@@H]1O)C2. The summed E-state index contributed by atoms with van der Waals surface area (Å²) in [4.78, 5) is 2.37. The molecule has 0 radical (unpaired) electrons. The zero-order valence-corrected chi connectivity index (χ0v) is 17.4. The molecule has 2 atom stereocenters. The van der Waals surface area contributed by atoms with Gasteiger partial charge in [0.2, 0.25) is 0 Å². The molecule has 0 spiro atoms. The van der Waals surface area contributed by atoms with Gasteiger partial charge in [0.1, 0.15) is 5.75 Å². The number of aryl methyl sites for hydroxylation is 1. The van der Waals surface area contributed by atoms with Gasteiger partial charge < -0.3 is 9.84 Å². The number of hydrogen-bond donors (Lipinski definition) is 1. The number of nitrogens with zero attached hydrogens (tertiary/aromatic N) is 3. The van der Waals surface area contributed by atoms with Crippen LogP contribution in [-0.4, -0.2) is 32.9 Å². The quantitative estimate of drug-likeness (QED) is 0.704. The molecule has 1 aromatic heterocycles. The predicted octanol–water partition coefficient (Wildman–Crippen LogP) is 4.21. The van der Waals surface area contributed by atoms with Crippen molar-refractivity contribution in [2.24, 2.45) is 0 Å². The van der Waals surface area contributed by atoms with Gasteiger partial charge in [-0.25, -0.2) is 4.68 Å². The van der Waals surface area contributed by atoms with E-state index in [0.29, 0.717) is 5.02 Å². The van der Waals surface area contributed by atoms with Crippen LogP contribution in [0.15, 0.2) is 42.5 Å². The van der Waals surface area contributed by atoms with Crippen LogP contribution in [-0.2, 0) is 19.5 Å². The molecule has 0 amide bonds. The number of aliphatic hydroxyl groups is 1. The second kappa shape index (κ2) is 7.17. The fraction of sp³-hybridized carbons (Fsp3) is 0.348. The summed E-state index contributed by atoms with van der Waals surface area (Å²) >= 11 is 6.40. The Bertz CT molecular complexity index is 1080. The highest BCUT2D eigenvalue weighted by Gasteiger charge is 2.38. The summed E-state index contributed by atoms with van der Waals surface area (Å²) in [7, 11) is 1.71. The molecule has 2 aliphatic rings. The Balaban J connectivity index is 1.46. The van der Waals surface area contributed by atoms with Gasteiger partial charge in [-0.2, -0.15) is 5.10 Å². The molecule has 0 fully saturated rings. The molecule has 5 nitrogen and oxygen atoms in total. The highest BCUT2D eigenvalue weighted by molar-refractivity contribution is 6.32. The van der Waals surface area contributed by atoms with E-state index in [1.54, 1.807) is 7.11 Å². The monoisotopic (exact) mass is 409 g/mol. The average Bonchev–Trinajstić information content (AvgIpc) is 3.30. The van der Waals surface area contributed by atoms with Gasteiger partial charge in [0, 0.05) is 36.0 Å². The number of rotatable bonds is 3. The van der Waals surface area contributed by atoms with E-state index < -0.39 is 6.10 Å². The van der Waals surface area contributed by atoms with Gasteiger partial charge >= 0.3 is 0 Å². The Morgan fingerprint density at radius 1 is 1.14 bits per heavy atom. The van der Waals surface area contributed by atoms with Crippen LogP contribution < -0.4 is 4.74 Å².